The number of nitrogens with zero attached hydrogens (tertiary/aromatic N) is 4. The zero-order chi connectivity index (χ0) is 21.5. The Morgan fingerprint density at radius 1 is 1.13 bits per heavy atom. The standard InChI is InChI=1S/C22H22ClN5O2S/c23-19-13-20(28-8-10-30-11-9-28)27-22(26-19)31-15-16-4-3-5-17(12-16)21(29)25-14-18-6-1-2-7-24-18/h1-7,12-13H,8-11,14-15H2,(H,25,29). The van der Waals surface area contributed by atoms with Gasteiger partial charge in [-0.1, -0.05) is 41.6 Å². The number of anilines is 1. The van der Waals surface area contributed by atoms with E-state index in [1.165, 1.54) is 11.8 Å². The van der Waals surface area contributed by atoms with E-state index >= 15 is 0 Å². The predicted molar refractivity (Wildman–Crippen MR) is 121 cm³/mol. The summed E-state index contributed by atoms with van der Waals surface area (Å²) >= 11 is 7.71. The summed E-state index contributed by atoms with van der Waals surface area (Å²) in [5, 5.41) is 3.93. The van der Waals surface area contributed by atoms with Gasteiger partial charge < -0.3 is 15.0 Å². The normalized spacial score (nSPS) is 13.8. The van der Waals surface area contributed by atoms with E-state index in [0.29, 0.717) is 41.4 Å². The fourth-order valence-electron chi connectivity index (χ4n) is 3.13. The number of halogens is 1. The number of carbonyl (C=O) groups excluding carboxylic acids is 1. The van der Waals surface area contributed by atoms with Gasteiger partial charge in [-0.05, 0) is 29.8 Å². The predicted octanol–water partition coefficient (Wildman–Crippen LogP) is 3.58. The first kappa shape index (κ1) is 21.5. The molecule has 1 N–H and O–H groups in total. The highest BCUT2D eigenvalue weighted by Crippen LogP contribution is 2.25. The lowest BCUT2D eigenvalue weighted by molar-refractivity contribution is 0.0950. The minimum absolute atomic E-state index is 0.133. The van der Waals surface area contributed by atoms with Crippen molar-refractivity contribution in [2.75, 3.05) is 31.2 Å². The summed E-state index contributed by atoms with van der Waals surface area (Å²) < 4.78 is 5.40. The van der Waals surface area contributed by atoms with Gasteiger partial charge in [0.05, 0.1) is 25.5 Å². The second-order valence-electron chi connectivity index (χ2n) is 6.92. The van der Waals surface area contributed by atoms with Gasteiger partial charge in [-0.25, -0.2) is 9.97 Å². The highest BCUT2D eigenvalue weighted by molar-refractivity contribution is 7.98. The topological polar surface area (TPSA) is 80.2 Å². The van der Waals surface area contributed by atoms with Crippen LogP contribution in [-0.2, 0) is 17.0 Å². The Kier molecular flexibility index (Phi) is 7.35. The molecule has 31 heavy (non-hydrogen) atoms. The molecule has 0 aliphatic carbocycles. The highest BCUT2D eigenvalue weighted by atomic mass is 35.5. The van der Waals surface area contributed by atoms with Crippen LogP contribution in [0.15, 0.2) is 59.9 Å². The molecule has 0 saturated carbocycles. The lowest BCUT2D eigenvalue weighted by Crippen LogP contribution is -2.36. The van der Waals surface area contributed by atoms with Crippen LogP contribution in [-0.4, -0.2) is 47.2 Å². The molecule has 1 aliphatic heterocycles. The van der Waals surface area contributed by atoms with Crippen molar-refractivity contribution < 1.29 is 9.53 Å². The SMILES string of the molecule is O=C(NCc1ccccn1)c1cccc(CSc2nc(Cl)cc(N3CCOCC3)n2)c1. The van der Waals surface area contributed by atoms with Crippen LogP contribution in [0.1, 0.15) is 21.6 Å². The number of benzene rings is 1. The van der Waals surface area contributed by atoms with Crippen LogP contribution in [0.5, 0.6) is 0 Å². The van der Waals surface area contributed by atoms with E-state index in [9.17, 15) is 4.79 Å². The first-order valence-corrected chi connectivity index (χ1v) is 11.3. The lowest BCUT2D eigenvalue weighted by atomic mass is 10.1. The fourth-order valence-corrected chi connectivity index (χ4v) is 4.15. The first-order chi connectivity index (χ1) is 15.2. The maximum absolute atomic E-state index is 12.5. The van der Waals surface area contributed by atoms with E-state index in [1.54, 1.807) is 18.3 Å². The molecule has 1 aromatic carbocycles. The third-order valence-electron chi connectivity index (χ3n) is 4.71. The molecule has 3 heterocycles. The van der Waals surface area contributed by atoms with Gasteiger partial charge in [-0.15, -0.1) is 0 Å². The maximum Gasteiger partial charge on any atom is 0.251 e. The number of carbonyl (C=O) groups is 1. The van der Waals surface area contributed by atoms with Crippen LogP contribution in [0.25, 0.3) is 0 Å². The van der Waals surface area contributed by atoms with Crippen molar-refractivity contribution in [2.45, 2.75) is 17.5 Å². The molecule has 0 unspecified atom stereocenters. The summed E-state index contributed by atoms with van der Waals surface area (Å²) in [6.07, 6.45) is 1.71. The molecule has 3 aromatic rings. The largest absolute Gasteiger partial charge is 0.378 e. The van der Waals surface area contributed by atoms with Crippen LogP contribution < -0.4 is 10.2 Å². The van der Waals surface area contributed by atoms with Crippen molar-refractivity contribution in [3.63, 3.8) is 0 Å². The monoisotopic (exact) mass is 455 g/mol. The molecule has 0 spiro atoms. The molecule has 1 amide bonds. The van der Waals surface area contributed by atoms with Crippen LogP contribution >= 0.6 is 23.4 Å². The number of aromatic nitrogens is 3. The van der Waals surface area contributed by atoms with Gasteiger partial charge in [0.1, 0.15) is 11.0 Å². The molecule has 9 heteroatoms. The summed E-state index contributed by atoms with van der Waals surface area (Å²) in [5.74, 6) is 1.31. The van der Waals surface area contributed by atoms with Crippen molar-refractivity contribution in [2.24, 2.45) is 0 Å². The van der Waals surface area contributed by atoms with Gasteiger partial charge in [0, 0.05) is 36.7 Å². The summed E-state index contributed by atoms with van der Waals surface area (Å²) in [6, 6.07) is 14.9. The first-order valence-electron chi connectivity index (χ1n) is 9.94. The molecule has 1 aliphatic rings. The van der Waals surface area contributed by atoms with E-state index in [0.717, 1.165) is 30.2 Å². The Morgan fingerprint density at radius 2 is 2.00 bits per heavy atom. The number of thioether (sulfide) groups is 1. The van der Waals surface area contributed by atoms with Gasteiger partial charge in [-0.2, -0.15) is 0 Å². The summed E-state index contributed by atoms with van der Waals surface area (Å²) in [7, 11) is 0. The van der Waals surface area contributed by atoms with Crippen LogP contribution in [0, 0.1) is 0 Å². The molecule has 160 valence electrons. The average Bonchev–Trinajstić information content (AvgIpc) is 2.82. The molecule has 0 atom stereocenters. The van der Waals surface area contributed by atoms with Gasteiger partial charge in [0.2, 0.25) is 0 Å². The number of ether oxygens (including phenoxy) is 1. The summed E-state index contributed by atoms with van der Waals surface area (Å²) in [4.78, 5) is 27.9. The quantitative estimate of drug-likeness (QED) is 0.331. The number of amides is 1. The average molecular weight is 456 g/mol. The van der Waals surface area contributed by atoms with Crippen molar-refractivity contribution in [3.8, 4) is 0 Å². The minimum atomic E-state index is -0.133. The summed E-state index contributed by atoms with van der Waals surface area (Å²) in [6.45, 7) is 3.32. The maximum atomic E-state index is 12.5. The van der Waals surface area contributed by atoms with Crippen LogP contribution in [0.2, 0.25) is 5.15 Å². The van der Waals surface area contributed by atoms with E-state index < -0.39 is 0 Å². The third kappa shape index (κ3) is 6.16. The Balaban J connectivity index is 1.38. The Hall–Kier alpha value is -2.68. The Labute approximate surface area is 190 Å². The van der Waals surface area contributed by atoms with Gasteiger partial charge in [0.15, 0.2) is 5.16 Å². The van der Waals surface area contributed by atoms with Gasteiger partial charge in [0.25, 0.3) is 5.91 Å². The molecule has 2 aromatic heterocycles. The summed E-state index contributed by atoms with van der Waals surface area (Å²) in [5.41, 5.74) is 2.43. The molecule has 1 fully saturated rings. The van der Waals surface area contributed by atoms with Gasteiger partial charge >= 0.3 is 0 Å². The number of hydrogen-bond donors (Lipinski definition) is 1. The molecule has 0 bridgehead atoms. The Morgan fingerprint density at radius 3 is 2.81 bits per heavy atom. The molecule has 4 rings (SSSR count). The smallest absolute Gasteiger partial charge is 0.251 e. The van der Waals surface area contributed by atoms with E-state index in [-0.39, 0.29) is 5.91 Å². The number of rotatable bonds is 7. The van der Waals surface area contributed by atoms with Crippen molar-refractivity contribution >= 4 is 35.1 Å². The molecule has 7 nitrogen and oxygen atoms in total. The molecular weight excluding hydrogens is 434 g/mol. The second-order valence-corrected chi connectivity index (χ2v) is 8.25. The number of morpholine rings is 1. The zero-order valence-corrected chi connectivity index (χ0v) is 18.4. The number of pyridine rings is 1. The lowest BCUT2D eigenvalue weighted by Gasteiger charge is -2.27. The van der Waals surface area contributed by atoms with Crippen LogP contribution in [0.3, 0.4) is 0 Å². The van der Waals surface area contributed by atoms with Crippen molar-refractivity contribution in [1.29, 1.82) is 0 Å². The second kappa shape index (κ2) is 10.6. The fraction of sp³-hybridized carbons (Fsp3) is 0.273. The molecule has 1 saturated heterocycles. The van der Waals surface area contributed by atoms with E-state index in [1.807, 2.05) is 36.4 Å². The third-order valence-corrected chi connectivity index (χ3v) is 5.82. The number of nitrogens with one attached hydrogen (secondary N) is 1. The van der Waals surface area contributed by atoms with Crippen molar-refractivity contribution in [3.05, 3.63) is 76.7 Å². The minimum Gasteiger partial charge on any atom is -0.378 e. The zero-order valence-electron chi connectivity index (χ0n) is 16.8. The van der Waals surface area contributed by atoms with E-state index in [4.69, 9.17) is 16.3 Å². The van der Waals surface area contributed by atoms with Crippen LogP contribution in [0.4, 0.5) is 5.82 Å². The van der Waals surface area contributed by atoms with Gasteiger partial charge in [-0.3, -0.25) is 9.78 Å². The highest BCUT2D eigenvalue weighted by Gasteiger charge is 2.15. The van der Waals surface area contributed by atoms with E-state index in [2.05, 4.69) is 25.2 Å². The molecule has 0 radical (unpaired) electrons. The molecular formula is C22H22ClN5O2S. The Bertz CT molecular complexity index is 1030. The van der Waals surface area contributed by atoms with Crippen molar-refractivity contribution in [1.82, 2.24) is 20.3 Å². The number of hydrogen-bond acceptors (Lipinski definition) is 7.